The lowest BCUT2D eigenvalue weighted by Crippen LogP contribution is -2.35. The number of hydrogen-bond donors (Lipinski definition) is 2. The molecular weight excluding hydrogens is 224 g/mol. The molecule has 0 radical (unpaired) electrons. The third-order valence-electron chi connectivity index (χ3n) is 3.79. The van der Waals surface area contributed by atoms with Crippen LogP contribution in [0.3, 0.4) is 0 Å². The van der Waals surface area contributed by atoms with Crippen molar-refractivity contribution in [2.75, 3.05) is 19.6 Å². The number of halogens is 1. The van der Waals surface area contributed by atoms with Crippen LogP contribution in [-0.2, 0) is 4.79 Å². The van der Waals surface area contributed by atoms with Gasteiger partial charge in [0.25, 0.3) is 0 Å². The second-order valence-electron chi connectivity index (χ2n) is 5.32. The molecule has 2 fully saturated rings. The number of nitrogens with one attached hydrogen (secondary N) is 2. The maximum absolute atomic E-state index is 11.6. The lowest BCUT2D eigenvalue weighted by molar-refractivity contribution is -0.125. The van der Waals surface area contributed by atoms with E-state index in [0.717, 1.165) is 38.3 Å². The van der Waals surface area contributed by atoms with Crippen LogP contribution in [0.4, 0.5) is 0 Å². The Labute approximate surface area is 104 Å². The van der Waals surface area contributed by atoms with Gasteiger partial charge in [-0.3, -0.25) is 4.79 Å². The van der Waals surface area contributed by atoms with Crippen molar-refractivity contribution in [3.63, 3.8) is 0 Å². The molecule has 0 aromatic rings. The van der Waals surface area contributed by atoms with Crippen LogP contribution in [0, 0.1) is 11.3 Å². The molecule has 1 saturated heterocycles. The number of piperidine rings is 1. The molecule has 2 N–H and O–H groups in total. The van der Waals surface area contributed by atoms with Gasteiger partial charge in [-0.25, -0.2) is 0 Å². The van der Waals surface area contributed by atoms with Crippen LogP contribution in [0.25, 0.3) is 0 Å². The summed E-state index contributed by atoms with van der Waals surface area (Å²) in [5, 5.41) is 6.47. The van der Waals surface area contributed by atoms with Crippen molar-refractivity contribution in [2.45, 2.75) is 39.0 Å². The molecule has 1 unspecified atom stereocenters. The lowest BCUT2D eigenvalue weighted by Gasteiger charge is -2.22. The van der Waals surface area contributed by atoms with Gasteiger partial charge in [0.1, 0.15) is 0 Å². The van der Waals surface area contributed by atoms with Gasteiger partial charge >= 0.3 is 0 Å². The van der Waals surface area contributed by atoms with Gasteiger partial charge in [0.2, 0.25) is 5.91 Å². The van der Waals surface area contributed by atoms with Crippen molar-refractivity contribution in [2.24, 2.45) is 11.3 Å². The SMILES string of the molecule is CC1(C(=O)NCCC2CCCNC2)CC1.Cl. The zero-order valence-corrected chi connectivity index (χ0v) is 10.9. The fourth-order valence-electron chi connectivity index (χ4n) is 2.19. The molecule has 0 spiro atoms. The summed E-state index contributed by atoms with van der Waals surface area (Å²) < 4.78 is 0. The summed E-state index contributed by atoms with van der Waals surface area (Å²) in [5.41, 5.74) is -0.00911. The Kier molecular flexibility index (Phi) is 5.06. The van der Waals surface area contributed by atoms with E-state index in [-0.39, 0.29) is 23.7 Å². The highest BCUT2D eigenvalue weighted by Crippen LogP contribution is 2.44. The largest absolute Gasteiger partial charge is 0.356 e. The van der Waals surface area contributed by atoms with Gasteiger partial charge < -0.3 is 10.6 Å². The molecule has 2 aliphatic rings. The first-order valence-electron chi connectivity index (χ1n) is 6.20. The van der Waals surface area contributed by atoms with E-state index in [1.54, 1.807) is 0 Å². The second-order valence-corrected chi connectivity index (χ2v) is 5.32. The van der Waals surface area contributed by atoms with Crippen LogP contribution in [0.2, 0.25) is 0 Å². The summed E-state index contributed by atoms with van der Waals surface area (Å²) >= 11 is 0. The van der Waals surface area contributed by atoms with Crippen LogP contribution in [-0.4, -0.2) is 25.5 Å². The van der Waals surface area contributed by atoms with Crippen molar-refractivity contribution in [1.82, 2.24) is 10.6 Å². The minimum atomic E-state index is -0.00911. The molecule has 16 heavy (non-hydrogen) atoms. The van der Waals surface area contributed by atoms with E-state index in [2.05, 4.69) is 17.6 Å². The Morgan fingerprint density at radius 1 is 1.50 bits per heavy atom. The van der Waals surface area contributed by atoms with Crippen molar-refractivity contribution in [1.29, 1.82) is 0 Å². The van der Waals surface area contributed by atoms with E-state index >= 15 is 0 Å². The standard InChI is InChI=1S/C12H22N2O.ClH/c1-12(5-6-12)11(15)14-8-4-10-3-2-7-13-9-10;/h10,13H,2-9H2,1H3,(H,14,15);1H. The van der Waals surface area contributed by atoms with Gasteiger partial charge in [-0.2, -0.15) is 0 Å². The molecule has 1 heterocycles. The molecule has 0 aromatic carbocycles. The summed E-state index contributed by atoms with van der Waals surface area (Å²) in [6.45, 7) is 5.22. The number of hydrogen-bond acceptors (Lipinski definition) is 2. The quantitative estimate of drug-likeness (QED) is 0.793. The zero-order chi connectivity index (χ0) is 10.7. The van der Waals surface area contributed by atoms with Gasteiger partial charge in [-0.15, -0.1) is 12.4 Å². The van der Waals surface area contributed by atoms with Crippen molar-refractivity contribution < 1.29 is 4.79 Å². The Bertz CT molecular complexity index is 235. The number of carbonyl (C=O) groups excluding carboxylic acids is 1. The highest BCUT2D eigenvalue weighted by Gasteiger charge is 2.44. The molecule has 94 valence electrons. The van der Waals surface area contributed by atoms with E-state index in [1.807, 2.05) is 0 Å². The smallest absolute Gasteiger partial charge is 0.225 e. The molecular formula is C12H23ClN2O. The van der Waals surface area contributed by atoms with Crippen LogP contribution in [0.5, 0.6) is 0 Å². The van der Waals surface area contributed by atoms with Gasteiger partial charge in [0.15, 0.2) is 0 Å². The molecule has 4 heteroatoms. The molecule has 0 bridgehead atoms. The molecule has 1 atom stereocenters. The minimum absolute atomic E-state index is 0. The topological polar surface area (TPSA) is 41.1 Å². The van der Waals surface area contributed by atoms with Crippen LogP contribution < -0.4 is 10.6 Å². The predicted molar refractivity (Wildman–Crippen MR) is 67.8 cm³/mol. The maximum atomic E-state index is 11.6. The average molecular weight is 247 g/mol. The molecule has 1 amide bonds. The van der Waals surface area contributed by atoms with Crippen molar-refractivity contribution >= 4 is 18.3 Å². The first-order valence-corrected chi connectivity index (χ1v) is 6.20. The number of rotatable bonds is 4. The summed E-state index contributed by atoms with van der Waals surface area (Å²) in [6, 6.07) is 0. The highest BCUT2D eigenvalue weighted by molar-refractivity contribution is 5.85. The minimum Gasteiger partial charge on any atom is -0.356 e. The monoisotopic (exact) mass is 246 g/mol. The van der Waals surface area contributed by atoms with Crippen LogP contribution >= 0.6 is 12.4 Å². The van der Waals surface area contributed by atoms with E-state index in [4.69, 9.17) is 0 Å². The summed E-state index contributed by atoms with van der Waals surface area (Å²) in [5.74, 6) is 1.04. The van der Waals surface area contributed by atoms with E-state index < -0.39 is 0 Å². The summed E-state index contributed by atoms with van der Waals surface area (Å²) in [7, 11) is 0. The lowest BCUT2D eigenvalue weighted by atomic mass is 9.96. The van der Waals surface area contributed by atoms with Crippen molar-refractivity contribution in [3.8, 4) is 0 Å². The second kappa shape index (κ2) is 5.87. The van der Waals surface area contributed by atoms with Crippen molar-refractivity contribution in [3.05, 3.63) is 0 Å². The van der Waals surface area contributed by atoms with E-state index in [0.29, 0.717) is 0 Å². The van der Waals surface area contributed by atoms with Gasteiger partial charge in [-0.05, 0) is 51.1 Å². The van der Waals surface area contributed by atoms with Crippen LogP contribution in [0.15, 0.2) is 0 Å². The molecule has 1 saturated carbocycles. The third kappa shape index (κ3) is 3.63. The number of carbonyl (C=O) groups is 1. The first kappa shape index (κ1) is 13.8. The molecule has 0 aromatic heterocycles. The Morgan fingerprint density at radius 3 is 2.81 bits per heavy atom. The summed E-state index contributed by atoms with van der Waals surface area (Å²) in [6.07, 6.45) is 5.89. The van der Waals surface area contributed by atoms with E-state index in [1.165, 1.54) is 19.4 Å². The third-order valence-corrected chi connectivity index (χ3v) is 3.79. The van der Waals surface area contributed by atoms with Gasteiger partial charge in [0.05, 0.1) is 0 Å². The average Bonchev–Trinajstić information content (AvgIpc) is 2.99. The van der Waals surface area contributed by atoms with Gasteiger partial charge in [0, 0.05) is 12.0 Å². The molecule has 1 aliphatic heterocycles. The fourth-order valence-corrected chi connectivity index (χ4v) is 2.19. The Balaban J connectivity index is 0.00000128. The normalized spacial score (nSPS) is 26.7. The van der Waals surface area contributed by atoms with Crippen LogP contribution in [0.1, 0.15) is 39.0 Å². The fraction of sp³-hybridized carbons (Fsp3) is 0.917. The molecule has 3 nitrogen and oxygen atoms in total. The first-order chi connectivity index (χ1) is 7.21. The summed E-state index contributed by atoms with van der Waals surface area (Å²) in [4.78, 5) is 11.6. The Hall–Kier alpha value is -0.280. The van der Waals surface area contributed by atoms with Gasteiger partial charge in [-0.1, -0.05) is 6.92 Å². The Morgan fingerprint density at radius 2 is 2.25 bits per heavy atom. The number of amides is 1. The molecule has 2 rings (SSSR count). The van der Waals surface area contributed by atoms with E-state index in [9.17, 15) is 4.79 Å². The highest BCUT2D eigenvalue weighted by atomic mass is 35.5. The zero-order valence-electron chi connectivity index (χ0n) is 10.1. The molecule has 1 aliphatic carbocycles. The maximum Gasteiger partial charge on any atom is 0.225 e. The predicted octanol–water partition coefficient (Wildman–Crippen LogP) is 1.71.